The Morgan fingerprint density at radius 1 is 0.824 bits per heavy atom. The van der Waals surface area contributed by atoms with Crippen molar-refractivity contribution in [2.45, 2.75) is 79.1 Å². The SMILES string of the molecule is CCCCC(=O)CCCC(=O)CCC(C)(C)C. The highest BCUT2D eigenvalue weighted by atomic mass is 16.1. The quantitative estimate of drug-likeness (QED) is 0.601. The van der Waals surface area contributed by atoms with Crippen molar-refractivity contribution in [2.24, 2.45) is 5.41 Å². The van der Waals surface area contributed by atoms with Gasteiger partial charge in [-0.2, -0.15) is 0 Å². The number of unbranched alkanes of at least 4 members (excludes halogenated alkanes) is 1. The molecule has 0 radical (unpaired) electrons. The van der Waals surface area contributed by atoms with Crippen molar-refractivity contribution in [1.82, 2.24) is 0 Å². The van der Waals surface area contributed by atoms with Crippen LogP contribution in [0.3, 0.4) is 0 Å². The zero-order valence-electron chi connectivity index (χ0n) is 12.0. The first-order valence-electron chi connectivity index (χ1n) is 6.88. The molecule has 0 spiro atoms. The topological polar surface area (TPSA) is 34.1 Å². The van der Waals surface area contributed by atoms with E-state index in [0.29, 0.717) is 37.2 Å². The first kappa shape index (κ1) is 16.3. The van der Waals surface area contributed by atoms with Gasteiger partial charge in [-0.05, 0) is 24.7 Å². The van der Waals surface area contributed by atoms with Crippen LogP contribution in [-0.4, -0.2) is 11.6 Å². The third-order valence-electron chi connectivity index (χ3n) is 2.87. The van der Waals surface area contributed by atoms with Gasteiger partial charge in [-0.3, -0.25) is 9.59 Å². The Kier molecular flexibility index (Phi) is 8.11. The monoisotopic (exact) mass is 240 g/mol. The van der Waals surface area contributed by atoms with Gasteiger partial charge in [-0.25, -0.2) is 0 Å². The van der Waals surface area contributed by atoms with Crippen LogP contribution >= 0.6 is 0 Å². The van der Waals surface area contributed by atoms with E-state index in [1.165, 1.54) is 0 Å². The minimum absolute atomic E-state index is 0.229. The number of carbonyl (C=O) groups is 2. The number of Topliss-reactive ketones (excluding diaryl/α,β-unsaturated/α-hetero) is 2. The molecule has 0 amide bonds. The average Bonchev–Trinajstić information content (AvgIpc) is 2.22. The smallest absolute Gasteiger partial charge is 0.132 e. The molecule has 0 bridgehead atoms. The molecule has 0 aliphatic carbocycles. The highest BCUT2D eigenvalue weighted by Gasteiger charge is 2.13. The molecule has 0 heterocycles. The van der Waals surface area contributed by atoms with Gasteiger partial charge in [0.25, 0.3) is 0 Å². The molecule has 100 valence electrons. The second-order valence-electron chi connectivity index (χ2n) is 6.10. The van der Waals surface area contributed by atoms with Crippen molar-refractivity contribution in [3.8, 4) is 0 Å². The van der Waals surface area contributed by atoms with Gasteiger partial charge in [-0.1, -0.05) is 34.1 Å². The predicted molar refractivity (Wildman–Crippen MR) is 72.1 cm³/mol. The van der Waals surface area contributed by atoms with Gasteiger partial charge in [0, 0.05) is 25.7 Å². The summed E-state index contributed by atoms with van der Waals surface area (Å²) in [5.41, 5.74) is 0.229. The molecule has 0 aromatic carbocycles. The summed E-state index contributed by atoms with van der Waals surface area (Å²) in [6, 6.07) is 0. The Hall–Kier alpha value is -0.660. The molecule has 0 aliphatic heterocycles. The molecule has 0 saturated carbocycles. The van der Waals surface area contributed by atoms with Crippen LogP contribution in [0.15, 0.2) is 0 Å². The van der Waals surface area contributed by atoms with Gasteiger partial charge in [0.15, 0.2) is 0 Å². The first-order chi connectivity index (χ1) is 7.85. The fourth-order valence-corrected chi connectivity index (χ4v) is 1.62. The van der Waals surface area contributed by atoms with E-state index in [1.807, 2.05) is 0 Å². The van der Waals surface area contributed by atoms with E-state index in [1.54, 1.807) is 0 Å². The third-order valence-corrected chi connectivity index (χ3v) is 2.87. The normalized spacial score (nSPS) is 11.5. The lowest BCUT2D eigenvalue weighted by molar-refractivity contribution is -0.120. The van der Waals surface area contributed by atoms with Crippen LogP contribution in [0.4, 0.5) is 0 Å². The van der Waals surface area contributed by atoms with Crippen molar-refractivity contribution < 1.29 is 9.59 Å². The maximum atomic E-state index is 11.6. The molecule has 0 rings (SSSR count). The van der Waals surface area contributed by atoms with Crippen LogP contribution in [0, 0.1) is 5.41 Å². The average molecular weight is 240 g/mol. The van der Waals surface area contributed by atoms with Crippen LogP contribution in [0.2, 0.25) is 0 Å². The minimum atomic E-state index is 0.229. The summed E-state index contributed by atoms with van der Waals surface area (Å²) in [5, 5.41) is 0. The third kappa shape index (κ3) is 11.6. The summed E-state index contributed by atoms with van der Waals surface area (Å²) in [6.07, 6.45) is 6.24. The van der Waals surface area contributed by atoms with Crippen molar-refractivity contribution in [2.75, 3.05) is 0 Å². The first-order valence-corrected chi connectivity index (χ1v) is 6.88. The van der Waals surface area contributed by atoms with E-state index in [4.69, 9.17) is 0 Å². The van der Waals surface area contributed by atoms with Gasteiger partial charge in [-0.15, -0.1) is 0 Å². The van der Waals surface area contributed by atoms with Gasteiger partial charge >= 0.3 is 0 Å². The zero-order valence-corrected chi connectivity index (χ0v) is 12.0. The molecule has 2 heteroatoms. The Labute approximate surface area is 106 Å². The number of hydrogen-bond donors (Lipinski definition) is 0. The van der Waals surface area contributed by atoms with Crippen LogP contribution < -0.4 is 0 Å². The number of hydrogen-bond acceptors (Lipinski definition) is 2. The standard InChI is InChI=1S/C15H28O2/c1-5-6-8-13(16)9-7-10-14(17)11-12-15(2,3)4/h5-12H2,1-4H3. The number of rotatable bonds is 9. The van der Waals surface area contributed by atoms with Crippen LogP contribution in [-0.2, 0) is 9.59 Å². The summed E-state index contributed by atoms with van der Waals surface area (Å²) >= 11 is 0. The number of carbonyl (C=O) groups excluding carboxylic acids is 2. The van der Waals surface area contributed by atoms with Crippen LogP contribution in [0.1, 0.15) is 79.1 Å². The Balaban J connectivity index is 3.54. The highest BCUT2D eigenvalue weighted by molar-refractivity contribution is 5.81. The molecule has 0 aromatic heterocycles. The molecular weight excluding hydrogens is 212 g/mol. The predicted octanol–water partition coefficient (Wildman–Crippen LogP) is 4.31. The van der Waals surface area contributed by atoms with Gasteiger partial charge in [0.05, 0.1) is 0 Å². The highest BCUT2D eigenvalue weighted by Crippen LogP contribution is 2.21. The molecule has 17 heavy (non-hydrogen) atoms. The molecular formula is C15H28O2. The largest absolute Gasteiger partial charge is 0.300 e. The van der Waals surface area contributed by atoms with E-state index in [2.05, 4.69) is 27.7 Å². The maximum absolute atomic E-state index is 11.6. The Morgan fingerprint density at radius 3 is 1.76 bits per heavy atom. The molecule has 0 unspecified atom stereocenters. The van der Waals surface area contributed by atoms with E-state index in [9.17, 15) is 9.59 Å². The molecule has 2 nitrogen and oxygen atoms in total. The molecule has 0 aliphatic rings. The Bertz CT molecular complexity index is 236. The lowest BCUT2D eigenvalue weighted by atomic mass is 9.89. The summed E-state index contributed by atoms with van der Waals surface area (Å²) in [5.74, 6) is 0.624. The van der Waals surface area contributed by atoms with E-state index < -0.39 is 0 Å². The second kappa shape index (κ2) is 8.43. The van der Waals surface area contributed by atoms with Crippen LogP contribution in [0.5, 0.6) is 0 Å². The van der Waals surface area contributed by atoms with E-state index >= 15 is 0 Å². The summed E-state index contributed by atoms with van der Waals surface area (Å²) in [6.45, 7) is 8.53. The summed E-state index contributed by atoms with van der Waals surface area (Å²) < 4.78 is 0. The van der Waals surface area contributed by atoms with Gasteiger partial charge < -0.3 is 0 Å². The molecule has 0 fully saturated rings. The second-order valence-corrected chi connectivity index (χ2v) is 6.10. The maximum Gasteiger partial charge on any atom is 0.132 e. The van der Waals surface area contributed by atoms with Crippen molar-refractivity contribution >= 4 is 11.6 Å². The summed E-state index contributed by atoms with van der Waals surface area (Å²) in [4.78, 5) is 23.0. The molecule has 0 N–H and O–H groups in total. The fraction of sp³-hybridized carbons (Fsp3) is 0.867. The van der Waals surface area contributed by atoms with E-state index in [-0.39, 0.29) is 5.41 Å². The van der Waals surface area contributed by atoms with Crippen molar-refractivity contribution in [3.63, 3.8) is 0 Å². The lowest BCUT2D eigenvalue weighted by Gasteiger charge is -2.16. The number of ketones is 2. The fourth-order valence-electron chi connectivity index (χ4n) is 1.62. The zero-order chi connectivity index (χ0) is 13.3. The van der Waals surface area contributed by atoms with Crippen LogP contribution in [0.25, 0.3) is 0 Å². The minimum Gasteiger partial charge on any atom is -0.300 e. The molecule has 0 atom stereocenters. The van der Waals surface area contributed by atoms with E-state index in [0.717, 1.165) is 25.7 Å². The molecule has 0 saturated heterocycles. The lowest BCUT2D eigenvalue weighted by Crippen LogP contribution is -2.09. The van der Waals surface area contributed by atoms with Crippen molar-refractivity contribution in [1.29, 1.82) is 0 Å². The van der Waals surface area contributed by atoms with Gasteiger partial charge in [0.2, 0.25) is 0 Å². The van der Waals surface area contributed by atoms with Crippen molar-refractivity contribution in [3.05, 3.63) is 0 Å². The Morgan fingerprint density at radius 2 is 1.29 bits per heavy atom. The molecule has 0 aromatic rings. The summed E-state index contributed by atoms with van der Waals surface area (Å²) in [7, 11) is 0. The van der Waals surface area contributed by atoms with Gasteiger partial charge in [0.1, 0.15) is 11.6 Å².